The Morgan fingerprint density at radius 1 is 0.609 bits per heavy atom. The van der Waals surface area contributed by atoms with Gasteiger partial charge in [0.2, 0.25) is 0 Å². The van der Waals surface area contributed by atoms with E-state index in [9.17, 15) is 0 Å². The average Bonchev–Trinajstić information content (AvgIpc) is 2.60. The van der Waals surface area contributed by atoms with Crippen molar-refractivity contribution in [2.24, 2.45) is 0 Å². The molecule has 124 valence electrons. The molecule has 0 bridgehead atoms. The quantitative estimate of drug-likeness (QED) is 0.446. The third-order valence-electron chi connectivity index (χ3n) is 2.79. The van der Waals surface area contributed by atoms with E-state index in [1.54, 1.807) is 0 Å². The molecule has 0 aliphatic carbocycles. The van der Waals surface area contributed by atoms with Gasteiger partial charge in [-0.05, 0) is 0 Å². The van der Waals surface area contributed by atoms with Crippen molar-refractivity contribution in [3.63, 3.8) is 0 Å². The van der Waals surface area contributed by atoms with Gasteiger partial charge in [-0.25, -0.2) is 0 Å². The van der Waals surface area contributed by atoms with Crippen LogP contribution in [-0.2, 0) is 0 Å². The predicted octanol–water partition coefficient (Wildman–Crippen LogP) is 3.18. The molecule has 0 aliphatic heterocycles. The summed E-state index contributed by atoms with van der Waals surface area (Å²) in [6.07, 6.45) is 0. The van der Waals surface area contributed by atoms with E-state index in [0.717, 1.165) is 13.1 Å². The molecule has 5 heteroatoms. The van der Waals surface area contributed by atoms with Gasteiger partial charge in [-0.15, -0.1) is 0 Å². The predicted molar refractivity (Wildman–Crippen MR) is 102 cm³/mol. The van der Waals surface area contributed by atoms with Crippen molar-refractivity contribution in [1.82, 2.24) is 0 Å². The van der Waals surface area contributed by atoms with E-state index in [1.165, 1.54) is 7.16 Å². The Kier molecular flexibility index (Phi) is 12.8. The molecule has 2 N–H and O–H groups in total. The van der Waals surface area contributed by atoms with Crippen LogP contribution in [0.5, 0.6) is 0 Å². The zero-order valence-corrected chi connectivity index (χ0v) is 16.3. The Labute approximate surface area is 150 Å². The van der Waals surface area contributed by atoms with Gasteiger partial charge < -0.3 is 22.1 Å². The second kappa shape index (κ2) is 14.7. The van der Waals surface area contributed by atoms with Crippen molar-refractivity contribution in [3.8, 4) is 0 Å². The fraction of sp³-hybridized carbons (Fsp3) is 0.333. The Morgan fingerprint density at radius 2 is 1.00 bits per heavy atom. The van der Waals surface area contributed by atoms with E-state index in [0.29, 0.717) is 26.2 Å². The molecule has 0 saturated carbocycles. The molecule has 0 heterocycles. The molecule has 0 atom stereocenters. The molecule has 0 fully saturated rings. The van der Waals surface area contributed by atoms with Gasteiger partial charge in [-0.1, -0.05) is 0 Å². The van der Waals surface area contributed by atoms with Crippen LogP contribution in [0, 0.1) is 0 Å². The molecule has 23 heavy (non-hydrogen) atoms. The molecule has 2 radical (unpaired) electrons. The van der Waals surface area contributed by atoms with Gasteiger partial charge in [0.15, 0.2) is 0 Å². The third-order valence-corrected chi connectivity index (χ3v) is 6.34. The van der Waals surface area contributed by atoms with Gasteiger partial charge in [0.05, 0.1) is 0 Å². The number of rotatable bonds is 9. The second-order valence-corrected chi connectivity index (χ2v) is 8.71. The molecule has 4 nitrogen and oxygen atoms in total. The van der Waals surface area contributed by atoms with E-state index >= 15 is 0 Å². The molecule has 0 unspecified atom stereocenters. The first-order valence-corrected chi connectivity index (χ1v) is 10.6. The maximum absolute atomic E-state index is 6.76. The van der Waals surface area contributed by atoms with Crippen molar-refractivity contribution in [2.75, 3.05) is 39.3 Å². The molecule has 2 rings (SSSR count). The number of hydrogen-bond acceptors (Lipinski definition) is 0. The molecule has 0 aliphatic rings. The molecule has 0 aromatic heterocycles. The molecule has 0 spiro atoms. The molecule has 0 saturated heterocycles. The number of nitrogens with one attached hydrogen (secondary N) is 2. The Balaban J connectivity index is 0.000000241. The Morgan fingerprint density at radius 3 is 1.35 bits per heavy atom. The molecule has 2 aromatic rings. The second-order valence-electron chi connectivity index (χ2n) is 4.70. The summed E-state index contributed by atoms with van der Waals surface area (Å²) in [5, 5.41) is 8.04. The SMILES string of the molecule is [NH-]CC[N-]CC[N-]CC[NH-].c1cc[c]([Sn][c]2ccccc2)cc1. The average molecular weight is 415 g/mol. The monoisotopic (exact) mass is 416 g/mol. The summed E-state index contributed by atoms with van der Waals surface area (Å²) < 4.78 is 3.08. The number of benzene rings is 2. The third kappa shape index (κ3) is 11.3. The van der Waals surface area contributed by atoms with E-state index in [2.05, 4.69) is 71.3 Å². The van der Waals surface area contributed by atoms with Gasteiger partial charge >= 0.3 is 89.0 Å². The van der Waals surface area contributed by atoms with Crippen LogP contribution in [0.25, 0.3) is 22.1 Å². The molecule has 2 aromatic carbocycles. The Bertz CT molecular complexity index is 433. The van der Waals surface area contributed by atoms with Crippen LogP contribution < -0.4 is 7.16 Å². The fourth-order valence-electron chi connectivity index (χ4n) is 1.73. The maximum atomic E-state index is 6.76. The van der Waals surface area contributed by atoms with Gasteiger partial charge in [0.1, 0.15) is 0 Å². The van der Waals surface area contributed by atoms with E-state index in [1.807, 2.05) is 0 Å². The van der Waals surface area contributed by atoms with Crippen molar-refractivity contribution in [3.05, 3.63) is 82.8 Å². The summed E-state index contributed by atoms with van der Waals surface area (Å²) in [4.78, 5) is 0. The van der Waals surface area contributed by atoms with Crippen molar-refractivity contribution in [1.29, 1.82) is 0 Å². The molecular formula is C18H24N4Sn-4. The van der Waals surface area contributed by atoms with Gasteiger partial charge in [-0.2, -0.15) is 39.3 Å². The van der Waals surface area contributed by atoms with Crippen LogP contribution in [0.2, 0.25) is 0 Å². The van der Waals surface area contributed by atoms with Crippen LogP contribution in [0.15, 0.2) is 60.7 Å². The van der Waals surface area contributed by atoms with E-state index in [4.69, 9.17) is 11.5 Å². The van der Waals surface area contributed by atoms with Crippen molar-refractivity contribution < 1.29 is 0 Å². The van der Waals surface area contributed by atoms with Crippen molar-refractivity contribution in [2.45, 2.75) is 0 Å². The summed E-state index contributed by atoms with van der Waals surface area (Å²) in [7, 11) is 0. The van der Waals surface area contributed by atoms with Gasteiger partial charge in [-0.3, -0.25) is 0 Å². The van der Waals surface area contributed by atoms with Gasteiger partial charge in [0.25, 0.3) is 0 Å². The van der Waals surface area contributed by atoms with E-state index < -0.39 is 21.1 Å². The summed E-state index contributed by atoms with van der Waals surface area (Å²) in [5.41, 5.74) is 13.5. The van der Waals surface area contributed by atoms with Crippen LogP contribution >= 0.6 is 0 Å². The van der Waals surface area contributed by atoms with Crippen LogP contribution in [0.4, 0.5) is 0 Å². The Hall–Kier alpha value is -0.921. The fourth-order valence-corrected chi connectivity index (χ4v) is 4.73. The summed E-state index contributed by atoms with van der Waals surface area (Å²) >= 11 is -0.517. The van der Waals surface area contributed by atoms with Crippen LogP contribution in [-0.4, -0.2) is 60.4 Å². The number of hydrogen-bond donors (Lipinski definition) is 0. The first kappa shape index (κ1) is 20.1. The zero-order chi connectivity index (χ0) is 16.6. The number of nitrogens with zero attached hydrogens (tertiary/aromatic N) is 2. The summed E-state index contributed by atoms with van der Waals surface area (Å²) in [6.45, 7) is 3.43. The molecular weight excluding hydrogens is 391 g/mol. The first-order valence-electron chi connectivity index (χ1n) is 7.79. The minimum atomic E-state index is -0.517. The van der Waals surface area contributed by atoms with Crippen molar-refractivity contribution >= 4 is 28.3 Å². The summed E-state index contributed by atoms with van der Waals surface area (Å²) in [6, 6.07) is 21.6. The van der Waals surface area contributed by atoms with Crippen LogP contribution in [0.1, 0.15) is 0 Å². The zero-order valence-electron chi connectivity index (χ0n) is 13.4. The minimum absolute atomic E-state index is 0.373. The molecule has 0 amide bonds. The normalized spacial score (nSPS) is 10.0. The van der Waals surface area contributed by atoms with Gasteiger partial charge in [0, 0.05) is 0 Å². The summed E-state index contributed by atoms with van der Waals surface area (Å²) in [5.74, 6) is 0. The topological polar surface area (TPSA) is 75.8 Å². The van der Waals surface area contributed by atoms with Crippen LogP contribution in [0.3, 0.4) is 0 Å². The standard InChI is InChI=1S/C6H14N4.2C6H5.Sn/c7-1-3-9-5-6-10-4-2-8;2*1-2-4-6-5-3-1;/h7-8H,1-6H2;2*1-5H;/q-4;;;. The first-order chi connectivity index (χ1) is 11.4. The van der Waals surface area contributed by atoms with E-state index in [-0.39, 0.29) is 0 Å².